The molecular weight excluding hydrogens is 416 g/mol. The summed E-state index contributed by atoms with van der Waals surface area (Å²) in [6.07, 6.45) is 1.09. The van der Waals surface area contributed by atoms with Gasteiger partial charge in [0.2, 0.25) is 15.9 Å². The number of nitrogens with one attached hydrogen (secondary N) is 1. The van der Waals surface area contributed by atoms with E-state index in [-0.39, 0.29) is 17.3 Å². The average Bonchev–Trinajstić information content (AvgIpc) is 3.23. The van der Waals surface area contributed by atoms with E-state index in [1.165, 1.54) is 16.4 Å². The lowest BCUT2D eigenvalue weighted by Gasteiger charge is -2.24. The lowest BCUT2D eigenvalue weighted by atomic mass is 10.2. The van der Waals surface area contributed by atoms with Crippen LogP contribution in [-0.4, -0.2) is 44.4 Å². The van der Waals surface area contributed by atoms with Crippen LogP contribution in [0, 0.1) is 0 Å². The Bertz CT molecular complexity index is 1030. The van der Waals surface area contributed by atoms with Crippen molar-refractivity contribution >= 4 is 27.5 Å². The Morgan fingerprint density at radius 1 is 1.14 bits per heavy atom. The molecule has 0 bridgehead atoms. The third-order valence-electron chi connectivity index (χ3n) is 5.04. The Morgan fingerprint density at radius 2 is 1.90 bits per heavy atom. The van der Waals surface area contributed by atoms with E-state index in [1.54, 1.807) is 12.1 Å². The minimum Gasteiger partial charge on any atom is -0.486 e. The van der Waals surface area contributed by atoms with Crippen molar-refractivity contribution in [1.82, 2.24) is 9.62 Å². The van der Waals surface area contributed by atoms with Crippen molar-refractivity contribution in [3.8, 4) is 11.5 Å². The van der Waals surface area contributed by atoms with Crippen molar-refractivity contribution in [3.63, 3.8) is 0 Å². The number of nitrogens with zero attached hydrogens (tertiary/aromatic N) is 1. The minimum absolute atomic E-state index is 0.0903. The van der Waals surface area contributed by atoms with Crippen LogP contribution in [0.1, 0.15) is 18.4 Å². The van der Waals surface area contributed by atoms with E-state index in [4.69, 9.17) is 21.1 Å². The van der Waals surface area contributed by atoms with Gasteiger partial charge in [0.1, 0.15) is 19.3 Å². The highest BCUT2D eigenvalue weighted by Crippen LogP contribution is 2.34. The van der Waals surface area contributed by atoms with Crippen LogP contribution in [0.5, 0.6) is 11.5 Å². The summed E-state index contributed by atoms with van der Waals surface area (Å²) in [4.78, 5) is 12.8. The second-order valence-electron chi connectivity index (χ2n) is 6.89. The predicted molar refractivity (Wildman–Crippen MR) is 108 cm³/mol. The van der Waals surface area contributed by atoms with Gasteiger partial charge in [0.15, 0.2) is 11.5 Å². The molecule has 7 nitrogen and oxygen atoms in total. The molecule has 2 aliphatic heterocycles. The molecule has 1 saturated heterocycles. The van der Waals surface area contributed by atoms with Gasteiger partial charge in [-0.25, -0.2) is 8.42 Å². The Kier molecular flexibility index (Phi) is 5.67. The summed E-state index contributed by atoms with van der Waals surface area (Å²) in [5.41, 5.74) is 0.779. The quantitative estimate of drug-likeness (QED) is 0.778. The molecule has 4 rings (SSSR count). The second-order valence-corrected chi connectivity index (χ2v) is 9.19. The highest BCUT2D eigenvalue weighted by molar-refractivity contribution is 7.89. The van der Waals surface area contributed by atoms with Gasteiger partial charge in [-0.3, -0.25) is 4.79 Å². The maximum Gasteiger partial charge on any atom is 0.243 e. The van der Waals surface area contributed by atoms with Gasteiger partial charge < -0.3 is 14.8 Å². The van der Waals surface area contributed by atoms with E-state index in [1.807, 2.05) is 18.2 Å². The van der Waals surface area contributed by atoms with E-state index < -0.39 is 16.1 Å². The van der Waals surface area contributed by atoms with E-state index >= 15 is 0 Å². The van der Waals surface area contributed by atoms with Crippen LogP contribution in [0.25, 0.3) is 0 Å². The summed E-state index contributed by atoms with van der Waals surface area (Å²) in [6, 6.07) is 11.0. The third-order valence-corrected chi connectivity index (χ3v) is 7.31. The van der Waals surface area contributed by atoms with Gasteiger partial charge in [-0.05, 0) is 36.6 Å². The van der Waals surface area contributed by atoms with E-state index in [0.717, 1.165) is 5.56 Å². The number of carbonyl (C=O) groups is 1. The molecule has 1 fully saturated rings. The zero-order chi connectivity index (χ0) is 20.4. The van der Waals surface area contributed by atoms with Crippen LogP contribution in [0.4, 0.5) is 0 Å². The predicted octanol–water partition coefficient (Wildman–Crippen LogP) is 2.58. The molecule has 0 saturated carbocycles. The lowest BCUT2D eigenvalue weighted by Crippen LogP contribution is -2.45. The highest BCUT2D eigenvalue weighted by Gasteiger charge is 2.39. The second kappa shape index (κ2) is 8.22. The first-order chi connectivity index (χ1) is 14.0. The topological polar surface area (TPSA) is 84.9 Å². The maximum atomic E-state index is 13.2. The molecule has 2 aromatic carbocycles. The van der Waals surface area contributed by atoms with Gasteiger partial charge in [-0.15, -0.1) is 0 Å². The zero-order valence-electron chi connectivity index (χ0n) is 15.6. The normalized spacial score (nSPS) is 19.1. The first kappa shape index (κ1) is 20.0. The molecule has 0 aliphatic carbocycles. The molecule has 154 valence electrons. The zero-order valence-corrected chi connectivity index (χ0v) is 17.2. The van der Waals surface area contributed by atoms with Gasteiger partial charge in [-0.1, -0.05) is 29.8 Å². The Balaban J connectivity index is 1.51. The number of ether oxygens (including phenoxy) is 2. The fraction of sp³-hybridized carbons (Fsp3) is 0.350. The van der Waals surface area contributed by atoms with Crippen molar-refractivity contribution < 1.29 is 22.7 Å². The molecule has 1 unspecified atom stereocenters. The fourth-order valence-corrected chi connectivity index (χ4v) is 5.43. The molecule has 1 amide bonds. The van der Waals surface area contributed by atoms with Crippen molar-refractivity contribution in [1.29, 1.82) is 0 Å². The van der Waals surface area contributed by atoms with Crippen molar-refractivity contribution in [2.24, 2.45) is 0 Å². The number of hydrogen-bond acceptors (Lipinski definition) is 5. The Morgan fingerprint density at radius 3 is 2.69 bits per heavy atom. The summed E-state index contributed by atoms with van der Waals surface area (Å²) in [5, 5.41) is 3.37. The van der Waals surface area contributed by atoms with Gasteiger partial charge in [0, 0.05) is 24.2 Å². The SMILES string of the molecule is O=C(NCc1ccccc1Cl)C1CCCN1S(=O)(=O)c1ccc2c(c1)OCCO2. The van der Waals surface area contributed by atoms with Gasteiger partial charge in [0.25, 0.3) is 0 Å². The summed E-state index contributed by atoms with van der Waals surface area (Å²) in [5.74, 6) is 0.588. The van der Waals surface area contributed by atoms with E-state index in [2.05, 4.69) is 5.32 Å². The van der Waals surface area contributed by atoms with Crippen LogP contribution < -0.4 is 14.8 Å². The minimum atomic E-state index is -3.85. The summed E-state index contributed by atoms with van der Waals surface area (Å²) in [7, 11) is -3.85. The standard InChI is InChI=1S/C20H21ClN2O5S/c21-16-5-2-1-4-14(16)13-22-20(24)17-6-3-9-23(17)29(25,26)15-7-8-18-19(12-15)28-11-10-27-18/h1-2,4-5,7-8,12,17H,3,6,9-11,13H2,(H,22,24). The molecule has 1 atom stereocenters. The molecule has 2 aromatic rings. The largest absolute Gasteiger partial charge is 0.486 e. The molecule has 9 heteroatoms. The van der Waals surface area contributed by atoms with Crippen molar-refractivity contribution in [2.75, 3.05) is 19.8 Å². The summed E-state index contributed by atoms with van der Waals surface area (Å²) < 4.78 is 38.6. The van der Waals surface area contributed by atoms with Crippen LogP contribution in [0.15, 0.2) is 47.4 Å². The molecular formula is C20H21ClN2O5S. The number of benzene rings is 2. The van der Waals surface area contributed by atoms with Crippen LogP contribution >= 0.6 is 11.6 Å². The smallest absolute Gasteiger partial charge is 0.243 e. The third kappa shape index (κ3) is 4.05. The number of halogens is 1. The first-order valence-electron chi connectivity index (χ1n) is 9.39. The molecule has 0 spiro atoms. The molecule has 0 aromatic heterocycles. The number of amides is 1. The van der Waals surface area contributed by atoms with Crippen LogP contribution in [0.2, 0.25) is 5.02 Å². The maximum absolute atomic E-state index is 13.2. The lowest BCUT2D eigenvalue weighted by molar-refractivity contribution is -0.124. The van der Waals surface area contributed by atoms with Crippen molar-refractivity contribution in [3.05, 3.63) is 53.1 Å². The number of sulfonamides is 1. The fourth-order valence-electron chi connectivity index (χ4n) is 3.55. The molecule has 1 N–H and O–H groups in total. The Labute approximate surface area is 174 Å². The molecule has 2 aliphatic rings. The molecule has 2 heterocycles. The van der Waals surface area contributed by atoms with Crippen molar-refractivity contribution in [2.45, 2.75) is 30.3 Å². The van der Waals surface area contributed by atoms with Crippen LogP contribution in [-0.2, 0) is 21.4 Å². The molecule has 0 radical (unpaired) electrons. The van der Waals surface area contributed by atoms with Gasteiger partial charge in [0.05, 0.1) is 4.90 Å². The first-order valence-corrected chi connectivity index (χ1v) is 11.2. The number of hydrogen-bond donors (Lipinski definition) is 1. The highest BCUT2D eigenvalue weighted by atomic mass is 35.5. The van der Waals surface area contributed by atoms with E-state index in [9.17, 15) is 13.2 Å². The van der Waals surface area contributed by atoms with E-state index in [0.29, 0.717) is 49.1 Å². The number of rotatable bonds is 5. The number of fused-ring (bicyclic) bond motifs is 1. The monoisotopic (exact) mass is 436 g/mol. The summed E-state index contributed by atoms with van der Waals surface area (Å²) in [6.45, 7) is 1.33. The molecule has 29 heavy (non-hydrogen) atoms. The Hall–Kier alpha value is -2.29. The average molecular weight is 437 g/mol. The van der Waals surface area contributed by atoms with Crippen LogP contribution in [0.3, 0.4) is 0 Å². The van der Waals surface area contributed by atoms with Gasteiger partial charge in [-0.2, -0.15) is 4.31 Å². The summed E-state index contributed by atoms with van der Waals surface area (Å²) >= 11 is 6.13. The van der Waals surface area contributed by atoms with Gasteiger partial charge >= 0.3 is 0 Å². The number of carbonyl (C=O) groups excluding carboxylic acids is 1.